The number of halogens is 3. The first kappa shape index (κ1) is 16.4. The molecule has 1 amide bonds. The van der Waals surface area contributed by atoms with Crippen LogP contribution in [-0.2, 0) is 16.0 Å². The van der Waals surface area contributed by atoms with Crippen LogP contribution in [0.15, 0.2) is 29.2 Å². The summed E-state index contributed by atoms with van der Waals surface area (Å²) in [6.45, 7) is -1.34. The SMILES string of the molecule is O=C(O)Cc1ccc(SCC(=O)NCC(F)(F)F)cc1. The standard InChI is InChI=1S/C12H12F3NO3S/c13-12(14,15)7-16-10(17)6-20-9-3-1-8(2-4-9)5-11(18)19/h1-4H,5-7H2,(H,16,17)(H,18,19). The molecular weight excluding hydrogens is 295 g/mol. The van der Waals surface area contributed by atoms with E-state index < -0.39 is 24.6 Å². The number of nitrogens with one attached hydrogen (secondary N) is 1. The number of benzene rings is 1. The van der Waals surface area contributed by atoms with E-state index in [-0.39, 0.29) is 12.2 Å². The van der Waals surface area contributed by atoms with E-state index in [1.54, 1.807) is 29.6 Å². The molecule has 0 aliphatic rings. The Balaban J connectivity index is 2.38. The quantitative estimate of drug-likeness (QED) is 0.790. The van der Waals surface area contributed by atoms with Gasteiger partial charge in [-0.15, -0.1) is 11.8 Å². The minimum atomic E-state index is -4.42. The maximum Gasteiger partial charge on any atom is 0.405 e. The average Bonchev–Trinajstić information content (AvgIpc) is 2.34. The maximum atomic E-state index is 11.9. The Morgan fingerprint density at radius 3 is 2.30 bits per heavy atom. The number of carbonyl (C=O) groups excluding carboxylic acids is 1. The highest BCUT2D eigenvalue weighted by Crippen LogP contribution is 2.18. The van der Waals surface area contributed by atoms with Crippen molar-refractivity contribution in [3.8, 4) is 0 Å². The lowest BCUT2D eigenvalue weighted by molar-refractivity contribution is -0.136. The first-order valence-corrected chi connectivity index (χ1v) is 6.52. The van der Waals surface area contributed by atoms with Crippen LogP contribution in [0.2, 0.25) is 0 Å². The Labute approximate surface area is 117 Å². The molecule has 110 valence electrons. The van der Waals surface area contributed by atoms with Crippen molar-refractivity contribution < 1.29 is 27.9 Å². The number of alkyl halides is 3. The maximum absolute atomic E-state index is 11.9. The van der Waals surface area contributed by atoms with E-state index in [0.29, 0.717) is 10.5 Å². The summed E-state index contributed by atoms with van der Waals surface area (Å²) in [4.78, 5) is 22.3. The number of aliphatic carboxylic acids is 1. The number of hydrogen-bond acceptors (Lipinski definition) is 3. The molecule has 0 radical (unpaired) electrons. The van der Waals surface area contributed by atoms with Crippen LogP contribution >= 0.6 is 11.8 Å². The fourth-order valence-electron chi connectivity index (χ4n) is 1.28. The van der Waals surface area contributed by atoms with Gasteiger partial charge >= 0.3 is 12.1 Å². The molecule has 1 aromatic rings. The van der Waals surface area contributed by atoms with Crippen LogP contribution in [0, 0.1) is 0 Å². The molecule has 0 spiro atoms. The zero-order valence-electron chi connectivity index (χ0n) is 10.2. The smallest absolute Gasteiger partial charge is 0.405 e. The van der Waals surface area contributed by atoms with E-state index >= 15 is 0 Å². The third-order valence-corrected chi connectivity index (χ3v) is 3.15. The molecule has 1 aromatic carbocycles. The van der Waals surface area contributed by atoms with Gasteiger partial charge in [0, 0.05) is 4.90 Å². The van der Waals surface area contributed by atoms with Gasteiger partial charge in [0.15, 0.2) is 0 Å². The fourth-order valence-corrected chi connectivity index (χ4v) is 2.01. The van der Waals surface area contributed by atoms with E-state index in [0.717, 1.165) is 11.8 Å². The number of hydrogen-bond donors (Lipinski definition) is 2. The van der Waals surface area contributed by atoms with Gasteiger partial charge in [0.2, 0.25) is 5.91 Å². The van der Waals surface area contributed by atoms with Crippen molar-refractivity contribution in [2.45, 2.75) is 17.5 Å². The predicted molar refractivity (Wildman–Crippen MR) is 67.6 cm³/mol. The van der Waals surface area contributed by atoms with Gasteiger partial charge in [-0.05, 0) is 17.7 Å². The molecule has 0 aliphatic heterocycles. The summed E-state index contributed by atoms with van der Waals surface area (Å²) in [7, 11) is 0. The molecule has 0 atom stereocenters. The van der Waals surface area contributed by atoms with E-state index in [9.17, 15) is 22.8 Å². The summed E-state index contributed by atoms with van der Waals surface area (Å²) in [5.41, 5.74) is 0.614. The molecule has 0 saturated carbocycles. The Morgan fingerprint density at radius 1 is 1.20 bits per heavy atom. The zero-order valence-corrected chi connectivity index (χ0v) is 11.1. The summed E-state index contributed by atoms with van der Waals surface area (Å²) < 4.78 is 35.6. The van der Waals surface area contributed by atoms with E-state index in [4.69, 9.17) is 5.11 Å². The largest absolute Gasteiger partial charge is 0.481 e. The van der Waals surface area contributed by atoms with E-state index in [1.807, 2.05) is 0 Å². The second kappa shape index (κ2) is 7.18. The monoisotopic (exact) mass is 307 g/mol. The second-order valence-corrected chi connectivity index (χ2v) is 4.94. The van der Waals surface area contributed by atoms with Crippen molar-refractivity contribution in [1.82, 2.24) is 5.32 Å². The number of carboxylic acids is 1. The number of carbonyl (C=O) groups is 2. The molecule has 2 N–H and O–H groups in total. The van der Waals surface area contributed by atoms with Crippen LogP contribution in [0.5, 0.6) is 0 Å². The van der Waals surface area contributed by atoms with Crippen molar-refractivity contribution >= 4 is 23.6 Å². The van der Waals surface area contributed by atoms with Crippen molar-refractivity contribution in [3.63, 3.8) is 0 Å². The van der Waals surface area contributed by atoms with Crippen LogP contribution in [-0.4, -0.2) is 35.5 Å². The normalized spacial score (nSPS) is 11.2. The molecule has 0 bridgehead atoms. The Hall–Kier alpha value is -1.70. The molecule has 0 fully saturated rings. The Bertz CT molecular complexity index is 474. The summed E-state index contributed by atoms with van der Waals surface area (Å²) in [6.07, 6.45) is -4.52. The molecule has 0 aliphatic carbocycles. The average molecular weight is 307 g/mol. The molecular formula is C12H12F3NO3S. The number of carboxylic acid groups (broad SMARTS) is 1. The van der Waals surface area contributed by atoms with Crippen LogP contribution in [0.3, 0.4) is 0 Å². The van der Waals surface area contributed by atoms with Gasteiger partial charge in [-0.1, -0.05) is 12.1 Å². The number of amides is 1. The van der Waals surface area contributed by atoms with Crippen molar-refractivity contribution in [1.29, 1.82) is 0 Å². The Kier molecular flexibility index (Phi) is 5.87. The van der Waals surface area contributed by atoms with Gasteiger partial charge < -0.3 is 10.4 Å². The highest BCUT2D eigenvalue weighted by Gasteiger charge is 2.27. The van der Waals surface area contributed by atoms with Gasteiger partial charge in [-0.2, -0.15) is 13.2 Å². The zero-order chi connectivity index (χ0) is 15.2. The van der Waals surface area contributed by atoms with E-state index in [1.165, 1.54) is 0 Å². The lowest BCUT2D eigenvalue weighted by atomic mass is 10.2. The van der Waals surface area contributed by atoms with Gasteiger partial charge in [-0.25, -0.2) is 0 Å². The van der Waals surface area contributed by atoms with Crippen LogP contribution in [0.1, 0.15) is 5.56 Å². The van der Waals surface area contributed by atoms with Gasteiger partial charge in [0.25, 0.3) is 0 Å². The summed E-state index contributed by atoms with van der Waals surface area (Å²) in [6, 6.07) is 6.45. The molecule has 8 heteroatoms. The minimum absolute atomic E-state index is 0.100. The lowest BCUT2D eigenvalue weighted by Crippen LogP contribution is -2.34. The van der Waals surface area contributed by atoms with E-state index in [2.05, 4.69) is 0 Å². The molecule has 0 saturated heterocycles. The summed E-state index contributed by atoms with van der Waals surface area (Å²) >= 11 is 1.08. The van der Waals surface area contributed by atoms with Gasteiger partial charge in [-0.3, -0.25) is 9.59 Å². The van der Waals surface area contributed by atoms with Gasteiger partial charge in [0.1, 0.15) is 6.54 Å². The Morgan fingerprint density at radius 2 is 1.80 bits per heavy atom. The molecule has 4 nitrogen and oxygen atoms in total. The predicted octanol–water partition coefficient (Wildman–Crippen LogP) is 2.08. The molecule has 0 unspecified atom stereocenters. The van der Waals surface area contributed by atoms with Crippen LogP contribution in [0.25, 0.3) is 0 Å². The third-order valence-electron chi connectivity index (χ3n) is 2.13. The summed E-state index contributed by atoms with van der Waals surface area (Å²) in [5, 5.41) is 10.4. The van der Waals surface area contributed by atoms with Crippen LogP contribution in [0.4, 0.5) is 13.2 Å². The highest BCUT2D eigenvalue weighted by atomic mass is 32.2. The van der Waals surface area contributed by atoms with Gasteiger partial charge in [0.05, 0.1) is 12.2 Å². The topological polar surface area (TPSA) is 66.4 Å². The second-order valence-electron chi connectivity index (χ2n) is 3.90. The van der Waals surface area contributed by atoms with Crippen molar-refractivity contribution in [2.75, 3.05) is 12.3 Å². The van der Waals surface area contributed by atoms with Crippen LogP contribution < -0.4 is 5.32 Å². The van der Waals surface area contributed by atoms with Crippen molar-refractivity contribution in [2.24, 2.45) is 0 Å². The van der Waals surface area contributed by atoms with Crippen molar-refractivity contribution in [3.05, 3.63) is 29.8 Å². The highest BCUT2D eigenvalue weighted by molar-refractivity contribution is 8.00. The lowest BCUT2D eigenvalue weighted by Gasteiger charge is -2.08. The molecule has 1 rings (SSSR count). The molecule has 0 aromatic heterocycles. The fraction of sp³-hybridized carbons (Fsp3) is 0.333. The number of thioether (sulfide) groups is 1. The first-order chi connectivity index (χ1) is 9.26. The minimum Gasteiger partial charge on any atom is -0.481 e. The molecule has 20 heavy (non-hydrogen) atoms. The number of rotatable bonds is 6. The molecule has 0 heterocycles. The third kappa shape index (κ3) is 7.03. The summed E-state index contributed by atoms with van der Waals surface area (Å²) in [5.74, 6) is -1.78. The first-order valence-electron chi connectivity index (χ1n) is 5.53.